The third kappa shape index (κ3) is 1.09. The van der Waals surface area contributed by atoms with Gasteiger partial charge in [0.05, 0.1) is 17.4 Å². The van der Waals surface area contributed by atoms with Crippen molar-refractivity contribution >= 4 is 10.0 Å². The van der Waals surface area contributed by atoms with Crippen molar-refractivity contribution in [3.05, 3.63) is 0 Å². The van der Waals surface area contributed by atoms with E-state index in [4.69, 9.17) is 0 Å². The molecule has 5 unspecified atom stereocenters. The highest BCUT2D eigenvalue weighted by Crippen LogP contribution is 2.57. The summed E-state index contributed by atoms with van der Waals surface area (Å²) in [4.78, 5) is 0. The van der Waals surface area contributed by atoms with Gasteiger partial charge in [-0.2, -0.15) is 4.31 Å². The fourth-order valence-corrected chi connectivity index (χ4v) is 6.92. The Morgan fingerprint density at radius 1 is 1.25 bits per heavy atom. The molecule has 0 spiro atoms. The van der Waals surface area contributed by atoms with Crippen LogP contribution < -0.4 is 0 Å². The number of hydrogen-bond donors (Lipinski definition) is 1. The SMILES string of the molecule is CC(C)(C)N1C2C(O)C3CC2C(C3)S1(=O)=O. The largest absolute Gasteiger partial charge is 0.391 e. The summed E-state index contributed by atoms with van der Waals surface area (Å²) < 4.78 is 26.4. The topological polar surface area (TPSA) is 57.6 Å². The number of fused-ring (bicyclic) bond motifs is 1. The second kappa shape index (κ2) is 2.82. The van der Waals surface area contributed by atoms with Crippen LogP contribution in [-0.4, -0.2) is 40.8 Å². The van der Waals surface area contributed by atoms with Crippen LogP contribution >= 0.6 is 0 Å². The molecule has 5 atom stereocenters. The number of aliphatic hydroxyl groups excluding tert-OH is 1. The summed E-state index contributed by atoms with van der Waals surface area (Å²) in [5.74, 6) is 0.381. The summed E-state index contributed by atoms with van der Waals surface area (Å²) in [6.07, 6.45) is 1.11. The van der Waals surface area contributed by atoms with E-state index in [1.54, 1.807) is 4.31 Å². The van der Waals surface area contributed by atoms with Gasteiger partial charge < -0.3 is 5.11 Å². The minimum absolute atomic E-state index is 0.159. The minimum atomic E-state index is -3.19. The molecule has 0 aromatic carbocycles. The first-order valence-corrected chi connectivity index (χ1v) is 7.46. The molecule has 1 aliphatic heterocycles. The highest BCUT2D eigenvalue weighted by molar-refractivity contribution is 7.90. The Kier molecular flexibility index (Phi) is 1.93. The van der Waals surface area contributed by atoms with Gasteiger partial charge in [-0.05, 0) is 45.4 Å². The van der Waals surface area contributed by atoms with Crippen LogP contribution in [0.4, 0.5) is 0 Å². The first-order chi connectivity index (χ1) is 7.24. The smallest absolute Gasteiger partial charge is 0.218 e. The fraction of sp³-hybridized carbons (Fsp3) is 1.00. The number of sulfonamides is 1. The van der Waals surface area contributed by atoms with Crippen LogP contribution in [-0.2, 0) is 10.0 Å². The van der Waals surface area contributed by atoms with Crippen LogP contribution in [0.15, 0.2) is 0 Å². The summed E-state index contributed by atoms with van der Waals surface area (Å²) in [7, 11) is -3.19. The van der Waals surface area contributed by atoms with Crippen LogP contribution in [0.3, 0.4) is 0 Å². The van der Waals surface area contributed by atoms with Gasteiger partial charge in [0.25, 0.3) is 0 Å². The van der Waals surface area contributed by atoms with Crippen molar-refractivity contribution in [3.63, 3.8) is 0 Å². The first kappa shape index (κ1) is 11.0. The Morgan fingerprint density at radius 3 is 2.38 bits per heavy atom. The number of hydrogen-bond acceptors (Lipinski definition) is 3. The van der Waals surface area contributed by atoms with Gasteiger partial charge in [-0.3, -0.25) is 0 Å². The zero-order valence-electron chi connectivity index (χ0n) is 9.92. The molecule has 2 bridgehead atoms. The molecular weight excluding hydrogens is 226 g/mol. The van der Waals surface area contributed by atoms with E-state index in [1.165, 1.54) is 0 Å². The maximum absolute atomic E-state index is 12.4. The van der Waals surface area contributed by atoms with E-state index in [-0.39, 0.29) is 23.1 Å². The molecular formula is C11H19NO3S. The Bertz CT molecular complexity index is 425. The normalized spacial score (nSPS) is 50.1. The highest BCUT2D eigenvalue weighted by Gasteiger charge is 2.67. The summed E-state index contributed by atoms with van der Waals surface area (Å²) in [6, 6.07) is -0.159. The van der Waals surface area contributed by atoms with Crippen LogP contribution in [0.25, 0.3) is 0 Å². The van der Waals surface area contributed by atoms with Crippen molar-refractivity contribution in [1.82, 2.24) is 4.31 Å². The molecule has 2 saturated carbocycles. The van der Waals surface area contributed by atoms with Gasteiger partial charge in [-0.1, -0.05) is 0 Å². The van der Waals surface area contributed by atoms with Gasteiger partial charge in [-0.15, -0.1) is 0 Å². The van der Waals surface area contributed by atoms with E-state index in [1.807, 2.05) is 20.8 Å². The molecule has 0 aromatic heterocycles. The molecule has 16 heavy (non-hydrogen) atoms. The van der Waals surface area contributed by atoms with Gasteiger partial charge in [-0.25, -0.2) is 8.42 Å². The lowest BCUT2D eigenvalue weighted by molar-refractivity contribution is 0.0379. The Hall–Kier alpha value is -0.130. The zero-order chi connectivity index (χ0) is 11.9. The quantitative estimate of drug-likeness (QED) is 0.679. The molecule has 1 N–H and O–H groups in total. The molecule has 3 rings (SSSR count). The standard InChI is InChI=1S/C11H19NO3S/c1-11(2,3)12-9-7-4-6(10(9)13)5-8(7)16(12,14)15/h6-10,13H,4-5H2,1-3H3. The molecule has 2 aliphatic carbocycles. The lowest BCUT2D eigenvalue weighted by Crippen LogP contribution is -2.51. The third-order valence-electron chi connectivity index (χ3n) is 4.45. The predicted molar refractivity (Wildman–Crippen MR) is 60.3 cm³/mol. The zero-order valence-corrected chi connectivity index (χ0v) is 10.7. The van der Waals surface area contributed by atoms with E-state index in [2.05, 4.69) is 0 Å². The molecule has 4 nitrogen and oxygen atoms in total. The maximum Gasteiger partial charge on any atom is 0.218 e. The van der Waals surface area contributed by atoms with E-state index < -0.39 is 21.7 Å². The van der Waals surface area contributed by atoms with Crippen LogP contribution in [0.2, 0.25) is 0 Å². The van der Waals surface area contributed by atoms with Crippen molar-refractivity contribution < 1.29 is 13.5 Å². The van der Waals surface area contributed by atoms with Crippen molar-refractivity contribution in [3.8, 4) is 0 Å². The van der Waals surface area contributed by atoms with Crippen LogP contribution in [0.1, 0.15) is 33.6 Å². The highest BCUT2D eigenvalue weighted by atomic mass is 32.2. The van der Waals surface area contributed by atoms with Gasteiger partial charge >= 0.3 is 0 Å². The molecule has 5 heteroatoms. The lowest BCUT2D eigenvalue weighted by atomic mass is 9.90. The van der Waals surface area contributed by atoms with Crippen molar-refractivity contribution in [2.75, 3.05) is 0 Å². The second-order valence-corrected chi connectivity index (χ2v) is 8.46. The first-order valence-electron chi connectivity index (χ1n) is 5.96. The van der Waals surface area contributed by atoms with Crippen molar-refractivity contribution in [2.24, 2.45) is 11.8 Å². The summed E-state index contributed by atoms with van der Waals surface area (Å²) in [5.41, 5.74) is -0.420. The van der Waals surface area contributed by atoms with E-state index >= 15 is 0 Å². The molecule has 1 saturated heterocycles. The Balaban J connectivity index is 2.13. The van der Waals surface area contributed by atoms with Crippen molar-refractivity contribution in [1.29, 1.82) is 0 Å². The van der Waals surface area contributed by atoms with Gasteiger partial charge in [0.2, 0.25) is 10.0 Å². The Labute approximate surface area is 96.7 Å². The fourth-order valence-electron chi connectivity index (χ4n) is 4.04. The predicted octanol–water partition coefficient (Wildman–Crippen LogP) is 0.568. The molecule has 0 aromatic rings. The molecule has 3 fully saturated rings. The molecule has 0 radical (unpaired) electrons. The van der Waals surface area contributed by atoms with Crippen LogP contribution in [0, 0.1) is 11.8 Å². The molecule has 1 heterocycles. The second-order valence-electron chi connectivity index (χ2n) is 6.43. The Morgan fingerprint density at radius 2 is 1.88 bits per heavy atom. The summed E-state index contributed by atoms with van der Waals surface area (Å²) in [6.45, 7) is 5.74. The average Bonchev–Trinajstić information content (AvgIpc) is 2.66. The maximum atomic E-state index is 12.4. The number of rotatable bonds is 0. The summed E-state index contributed by atoms with van der Waals surface area (Å²) in [5, 5.41) is 9.95. The average molecular weight is 245 g/mol. The van der Waals surface area contributed by atoms with Gasteiger partial charge in [0.15, 0.2) is 0 Å². The van der Waals surface area contributed by atoms with E-state index in [0.29, 0.717) is 6.42 Å². The van der Waals surface area contributed by atoms with E-state index in [0.717, 1.165) is 6.42 Å². The van der Waals surface area contributed by atoms with Gasteiger partial charge in [0.1, 0.15) is 0 Å². The van der Waals surface area contributed by atoms with E-state index in [9.17, 15) is 13.5 Å². The lowest BCUT2D eigenvalue weighted by Gasteiger charge is -2.36. The third-order valence-corrected chi connectivity index (χ3v) is 7.09. The number of nitrogens with zero attached hydrogens (tertiary/aromatic N) is 1. The number of aliphatic hydroxyl groups is 1. The molecule has 0 amide bonds. The van der Waals surface area contributed by atoms with Gasteiger partial charge in [0, 0.05) is 5.54 Å². The van der Waals surface area contributed by atoms with Crippen molar-refractivity contribution in [2.45, 2.75) is 56.5 Å². The monoisotopic (exact) mass is 245 g/mol. The summed E-state index contributed by atoms with van der Waals surface area (Å²) >= 11 is 0. The minimum Gasteiger partial charge on any atom is -0.391 e. The molecule has 92 valence electrons. The molecule has 3 aliphatic rings. The van der Waals surface area contributed by atoms with Crippen LogP contribution in [0.5, 0.6) is 0 Å².